The molecule has 0 unspecified atom stereocenters. The molecule has 0 spiro atoms. The third-order valence-electron chi connectivity index (χ3n) is 2.45. The highest BCUT2D eigenvalue weighted by atomic mass is 19.4. The third-order valence-corrected chi connectivity index (χ3v) is 2.45. The quantitative estimate of drug-likeness (QED) is 0.590. The molecule has 0 saturated heterocycles. The molecule has 0 N–H and O–H groups in total. The van der Waals surface area contributed by atoms with Crippen LogP contribution in [0, 0.1) is 11.3 Å². The zero-order valence-electron chi connectivity index (χ0n) is 10.6. The predicted molar refractivity (Wildman–Crippen MR) is 64.7 cm³/mol. The summed E-state index contributed by atoms with van der Waals surface area (Å²) in [5, 5.41) is 8.45. The molecule has 0 heterocycles. The van der Waals surface area contributed by atoms with E-state index in [1.165, 1.54) is 12.1 Å². The highest BCUT2D eigenvalue weighted by Gasteiger charge is 2.30. The van der Waals surface area contributed by atoms with E-state index >= 15 is 0 Å². The van der Waals surface area contributed by atoms with Crippen LogP contribution in [0.1, 0.15) is 12.0 Å². The van der Waals surface area contributed by atoms with Crippen molar-refractivity contribution in [3.05, 3.63) is 29.8 Å². The highest BCUT2D eigenvalue weighted by molar-refractivity contribution is 5.30. The van der Waals surface area contributed by atoms with Gasteiger partial charge in [0.25, 0.3) is 0 Å². The van der Waals surface area contributed by atoms with E-state index in [-0.39, 0.29) is 5.75 Å². The normalized spacial score (nSPS) is 11.4. The average Bonchev–Trinajstić information content (AvgIpc) is 2.34. The largest absolute Gasteiger partial charge is 0.494 e. The lowest BCUT2D eigenvalue weighted by molar-refractivity contribution is -0.137. The monoisotopic (exact) mass is 272 g/mol. The molecule has 0 atom stereocenters. The van der Waals surface area contributed by atoms with Gasteiger partial charge in [0, 0.05) is 6.54 Å². The van der Waals surface area contributed by atoms with Crippen molar-refractivity contribution in [2.45, 2.75) is 12.6 Å². The standard InChI is InChI=1S/C13H15F3N2O/c1-18(8-6-17)7-3-9-19-12-5-2-4-11(10-12)13(14,15)16/h2,4-5,10H,3,7-9H2,1H3. The van der Waals surface area contributed by atoms with Crippen molar-refractivity contribution in [1.29, 1.82) is 5.26 Å². The first-order valence-corrected chi connectivity index (χ1v) is 5.79. The molecular weight excluding hydrogens is 257 g/mol. The summed E-state index contributed by atoms with van der Waals surface area (Å²) in [6.07, 6.45) is -3.71. The molecule has 104 valence electrons. The van der Waals surface area contributed by atoms with Gasteiger partial charge in [0.2, 0.25) is 0 Å². The van der Waals surface area contributed by atoms with E-state index < -0.39 is 11.7 Å². The Kier molecular flexibility index (Phi) is 5.64. The van der Waals surface area contributed by atoms with Gasteiger partial charge < -0.3 is 4.74 Å². The van der Waals surface area contributed by atoms with Crippen LogP contribution in [0.5, 0.6) is 5.75 Å². The summed E-state index contributed by atoms with van der Waals surface area (Å²) in [5.74, 6) is 0.206. The summed E-state index contributed by atoms with van der Waals surface area (Å²) in [7, 11) is 1.80. The van der Waals surface area contributed by atoms with Crippen LogP contribution in [0.3, 0.4) is 0 Å². The zero-order chi connectivity index (χ0) is 14.3. The maximum Gasteiger partial charge on any atom is 0.416 e. The van der Waals surface area contributed by atoms with E-state index in [1.807, 2.05) is 11.0 Å². The van der Waals surface area contributed by atoms with Crippen LogP contribution < -0.4 is 4.74 Å². The van der Waals surface area contributed by atoms with Gasteiger partial charge in [-0.05, 0) is 31.7 Å². The van der Waals surface area contributed by atoms with Crippen molar-refractivity contribution in [3.8, 4) is 11.8 Å². The fourth-order valence-electron chi connectivity index (χ4n) is 1.49. The van der Waals surface area contributed by atoms with E-state index in [4.69, 9.17) is 10.00 Å². The lowest BCUT2D eigenvalue weighted by atomic mass is 10.2. The molecule has 0 aliphatic carbocycles. The summed E-state index contributed by atoms with van der Waals surface area (Å²) in [6.45, 7) is 1.30. The summed E-state index contributed by atoms with van der Waals surface area (Å²) < 4.78 is 42.6. The van der Waals surface area contributed by atoms with Crippen LogP contribution in [0.2, 0.25) is 0 Å². The Morgan fingerprint density at radius 1 is 1.37 bits per heavy atom. The number of nitrogens with zero attached hydrogens (tertiary/aromatic N) is 2. The number of hydrogen-bond donors (Lipinski definition) is 0. The summed E-state index contributed by atoms with van der Waals surface area (Å²) in [6, 6.07) is 6.82. The molecule has 3 nitrogen and oxygen atoms in total. The molecule has 0 radical (unpaired) electrons. The Morgan fingerprint density at radius 3 is 2.74 bits per heavy atom. The molecule has 0 fully saturated rings. The average molecular weight is 272 g/mol. The molecular formula is C13H15F3N2O. The number of halogens is 3. The molecule has 0 aliphatic heterocycles. The first-order chi connectivity index (χ1) is 8.93. The molecule has 1 rings (SSSR count). The van der Waals surface area contributed by atoms with Gasteiger partial charge in [-0.25, -0.2) is 0 Å². The second-order valence-electron chi connectivity index (χ2n) is 4.12. The lowest BCUT2D eigenvalue weighted by Gasteiger charge is -2.13. The second kappa shape index (κ2) is 7.00. The number of ether oxygens (including phenoxy) is 1. The van der Waals surface area contributed by atoms with E-state index in [1.54, 1.807) is 7.05 Å². The summed E-state index contributed by atoms with van der Waals surface area (Å²) >= 11 is 0. The van der Waals surface area contributed by atoms with Gasteiger partial charge in [-0.3, -0.25) is 4.90 Å². The molecule has 0 amide bonds. The topological polar surface area (TPSA) is 36.3 Å². The molecule has 0 aromatic heterocycles. The fourth-order valence-corrected chi connectivity index (χ4v) is 1.49. The molecule has 0 aliphatic rings. The Bertz CT molecular complexity index is 440. The van der Waals surface area contributed by atoms with Crippen LogP contribution >= 0.6 is 0 Å². The van der Waals surface area contributed by atoms with Crippen molar-refractivity contribution in [3.63, 3.8) is 0 Å². The van der Waals surface area contributed by atoms with Crippen LogP contribution in [-0.4, -0.2) is 31.6 Å². The minimum atomic E-state index is -4.35. The highest BCUT2D eigenvalue weighted by Crippen LogP contribution is 2.31. The maximum absolute atomic E-state index is 12.5. The van der Waals surface area contributed by atoms with Crippen molar-refractivity contribution < 1.29 is 17.9 Å². The Morgan fingerprint density at radius 2 is 2.11 bits per heavy atom. The molecule has 0 saturated carbocycles. The van der Waals surface area contributed by atoms with Crippen molar-refractivity contribution >= 4 is 0 Å². The number of alkyl halides is 3. The van der Waals surface area contributed by atoms with E-state index in [9.17, 15) is 13.2 Å². The van der Waals surface area contributed by atoms with E-state index in [0.717, 1.165) is 12.1 Å². The number of hydrogen-bond acceptors (Lipinski definition) is 3. The van der Waals surface area contributed by atoms with Gasteiger partial charge in [-0.1, -0.05) is 6.07 Å². The van der Waals surface area contributed by atoms with Gasteiger partial charge in [0.1, 0.15) is 5.75 Å². The fraction of sp³-hybridized carbons (Fsp3) is 0.462. The van der Waals surface area contributed by atoms with Gasteiger partial charge in [-0.2, -0.15) is 18.4 Å². The number of rotatable bonds is 6. The van der Waals surface area contributed by atoms with E-state index in [0.29, 0.717) is 26.1 Å². The van der Waals surface area contributed by atoms with Gasteiger partial charge in [0.05, 0.1) is 24.8 Å². The smallest absolute Gasteiger partial charge is 0.416 e. The van der Waals surface area contributed by atoms with Crippen LogP contribution in [0.4, 0.5) is 13.2 Å². The number of benzene rings is 1. The predicted octanol–water partition coefficient (Wildman–Crippen LogP) is 2.93. The summed E-state index contributed by atoms with van der Waals surface area (Å²) in [4.78, 5) is 1.81. The Balaban J connectivity index is 2.40. The SMILES string of the molecule is CN(CC#N)CCCOc1cccc(C(F)(F)F)c1. The molecule has 0 bridgehead atoms. The maximum atomic E-state index is 12.5. The third kappa shape index (κ3) is 5.62. The van der Waals surface area contributed by atoms with Crippen LogP contribution in [0.15, 0.2) is 24.3 Å². The minimum Gasteiger partial charge on any atom is -0.494 e. The van der Waals surface area contributed by atoms with Crippen molar-refractivity contribution in [1.82, 2.24) is 4.90 Å². The first kappa shape index (κ1) is 15.3. The molecule has 19 heavy (non-hydrogen) atoms. The first-order valence-electron chi connectivity index (χ1n) is 5.79. The molecule has 6 heteroatoms. The van der Waals surface area contributed by atoms with Crippen molar-refractivity contribution in [2.24, 2.45) is 0 Å². The Labute approximate surface area is 110 Å². The van der Waals surface area contributed by atoms with E-state index in [2.05, 4.69) is 0 Å². The van der Waals surface area contributed by atoms with Crippen LogP contribution in [0.25, 0.3) is 0 Å². The van der Waals surface area contributed by atoms with Gasteiger partial charge in [-0.15, -0.1) is 0 Å². The minimum absolute atomic E-state index is 0.206. The van der Waals surface area contributed by atoms with Crippen LogP contribution in [-0.2, 0) is 6.18 Å². The molecule has 1 aromatic carbocycles. The van der Waals surface area contributed by atoms with Gasteiger partial charge in [0.15, 0.2) is 0 Å². The Hall–Kier alpha value is -1.74. The second-order valence-corrected chi connectivity index (χ2v) is 4.12. The zero-order valence-corrected chi connectivity index (χ0v) is 10.6. The van der Waals surface area contributed by atoms with Crippen molar-refractivity contribution in [2.75, 3.05) is 26.7 Å². The number of nitriles is 1. The lowest BCUT2D eigenvalue weighted by Crippen LogP contribution is -2.21. The molecule has 1 aromatic rings. The van der Waals surface area contributed by atoms with Gasteiger partial charge >= 0.3 is 6.18 Å². The summed E-state index contributed by atoms with van der Waals surface area (Å²) in [5.41, 5.74) is -0.716.